The smallest absolute Gasteiger partial charge is 0.163 e. The summed E-state index contributed by atoms with van der Waals surface area (Å²) in [5, 5.41) is 0. The number of carbonyl (C=O) groups is 2. The van der Waals surface area contributed by atoms with Crippen molar-refractivity contribution in [2.75, 3.05) is 0 Å². The Morgan fingerprint density at radius 1 is 1.31 bits per heavy atom. The second kappa shape index (κ2) is 3.85. The Morgan fingerprint density at radius 3 is 2.62 bits per heavy atom. The lowest BCUT2D eigenvalue weighted by atomic mass is 9.76. The molecule has 16 heavy (non-hydrogen) atoms. The van der Waals surface area contributed by atoms with Crippen LogP contribution < -0.4 is 0 Å². The van der Waals surface area contributed by atoms with Crippen molar-refractivity contribution >= 4 is 11.6 Å². The molecule has 0 N–H and O–H groups in total. The fourth-order valence-electron chi connectivity index (χ4n) is 2.30. The Labute approximate surface area is 95.7 Å². The quantitative estimate of drug-likeness (QED) is 0.675. The number of carbonyl (C=O) groups excluding carboxylic acids is 2. The molecule has 2 rings (SSSR count). The largest absolute Gasteiger partial charge is 0.295 e. The minimum Gasteiger partial charge on any atom is -0.295 e. The molecule has 0 spiro atoms. The zero-order valence-corrected chi connectivity index (χ0v) is 9.91. The van der Waals surface area contributed by atoms with Gasteiger partial charge in [-0.05, 0) is 30.4 Å². The predicted molar refractivity (Wildman–Crippen MR) is 63.0 cm³/mol. The van der Waals surface area contributed by atoms with Gasteiger partial charge in [0, 0.05) is 17.5 Å². The van der Waals surface area contributed by atoms with Crippen molar-refractivity contribution in [3.63, 3.8) is 0 Å². The number of fused-ring (bicyclic) bond motifs is 1. The van der Waals surface area contributed by atoms with Crippen LogP contribution in [0.2, 0.25) is 0 Å². The van der Waals surface area contributed by atoms with Crippen molar-refractivity contribution in [3.05, 3.63) is 34.9 Å². The van der Waals surface area contributed by atoms with Gasteiger partial charge in [0.2, 0.25) is 0 Å². The Balaban J connectivity index is 2.55. The molecular formula is C14H16O2. The van der Waals surface area contributed by atoms with E-state index in [9.17, 15) is 9.59 Å². The van der Waals surface area contributed by atoms with E-state index in [0.29, 0.717) is 23.8 Å². The Morgan fingerprint density at radius 2 is 2.00 bits per heavy atom. The standard InChI is InChI=1S/C14H16O2/c1-8-6-14(16)12-5-4-11(10(3)15)7-13(12)9(8)2/h4-5,7-9H,6H2,1-3H3. The zero-order valence-electron chi connectivity index (χ0n) is 9.91. The monoisotopic (exact) mass is 216 g/mol. The first-order valence-electron chi connectivity index (χ1n) is 5.68. The van der Waals surface area contributed by atoms with E-state index in [-0.39, 0.29) is 11.6 Å². The molecule has 2 atom stereocenters. The first-order valence-corrected chi connectivity index (χ1v) is 5.68. The first kappa shape index (κ1) is 11.1. The minimum absolute atomic E-state index is 0.0562. The van der Waals surface area contributed by atoms with Gasteiger partial charge in [-0.3, -0.25) is 9.59 Å². The molecule has 0 saturated heterocycles. The van der Waals surface area contributed by atoms with Gasteiger partial charge in [0.1, 0.15) is 0 Å². The molecule has 0 aromatic heterocycles. The van der Waals surface area contributed by atoms with Gasteiger partial charge in [-0.1, -0.05) is 26.0 Å². The van der Waals surface area contributed by atoms with Crippen molar-refractivity contribution in [1.82, 2.24) is 0 Å². The van der Waals surface area contributed by atoms with Gasteiger partial charge >= 0.3 is 0 Å². The normalized spacial score (nSPS) is 24.1. The molecule has 0 fully saturated rings. The van der Waals surface area contributed by atoms with E-state index in [1.54, 1.807) is 19.1 Å². The number of Topliss-reactive ketones (excluding diaryl/α,β-unsaturated/α-hetero) is 2. The molecule has 1 aliphatic rings. The van der Waals surface area contributed by atoms with E-state index in [4.69, 9.17) is 0 Å². The van der Waals surface area contributed by atoms with Gasteiger partial charge in [0.15, 0.2) is 11.6 Å². The van der Waals surface area contributed by atoms with Crippen molar-refractivity contribution < 1.29 is 9.59 Å². The third-order valence-corrected chi connectivity index (χ3v) is 3.61. The summed E-state index contributed by atoms with van der Waals surface area (Å²) in [5.41, 5.74) is 2.54. The number of benzene rings is 1. The van der Waals surface area contributed by atoms with Gasteiger partial charge in [-0.2, -0.15) is 0 Å². The van der Waals surface area contributed by atoms with Crippen molar-refractivity contribution in [1.29, 1.82) is 0 Å². The summed E-state index contributed by atoms with van der Waals surface area (Å²) in [5.74, 6) is 0.977. The highest BCUT2D eigenvalue weighted by Gasteiger charge is 2.28. The van der Waals surface area contributed by atoms with Crippen LogP contribution in [0.5, 0.6) is 0 Å². The summed E-state index contributed by atoms with van der Waals surface area (Å²) in [6.45, 7) is 5.77. The molecule has 0 saturated carbocycles. The van der Waals surface area contributed by atoms with Gasteiger partial charge < -0.3 is 0 Å². The second-order valence-electron chi connectivity index (χ2n) is 4.75. The summed E-state index contributed by atoms with van der Waals surface area (Å²) in [7, 11) is 0. The lowest BCUT2D eigenvalue weighted by Crippen LogP contribution is -2.21. The molecule has 1 aromatic rings. The van der Waals surface area contributed by atoms with E-state index >= 15 is 0 Å². The summed E-state index contributed by atoms with van der Waals surface area (Å²) in [6.07, 6.45) is 0.619. The first-order chi connectivity index (χ1) is 7.50. The molecule has 2 nitrogen and oxygen atoms in total. The van der Waals surface area contributed by atoms with Crippen LogP contribution in [-0.4, -0.2) is 11.6 Å². The van der Waals surface area contributed by atoms with Crippen LogP contribution in [0.1, 0.15) is 59.4 Å². The Hall–Kier alpha value is -1.44. The summed E-state index contributed by atoms with van der Waals surface area (Å²) in [4.78, 5) is 23.2. The minimum atomic E-state index is 0.0562. The Kier molecular flexibility index (Phi) is 2.66. The molecule has 2 unspecified atom stereocenters. The molecule has 2 heteroatoms. The van der Waals surface area contributed by atoms with Gasteiger partial charge in [0.25, 0.3) is 0 Å². The molecule has 0 amide bonds. The molecule has 0 bridgehead atoms. The number of ketones is 2. The molecule has 1 aromatic carbocycles. The lowest BCUT2D eigenvalue weighted by molar-refractivity contribution is 0.0942. The van der Waals surface area contributed by atoms with Crippen molar-refractivity contribution in [2.24, 2.45) is 5.92 Å². The summed E-state index contributed by atoms with van der Waals surface area (Å²) < 4.78 is 0. The van der Waals surface area contributed by atoms with E-state index < -0.39 is 0 Å². The van der Waals surface area contributed by atoms with Gasteiger partial charge in [0.05, 0.1) is 0 Å². The zero-order chi connectivity index (χ0) is 11.9. The van der Waals surface area contributed by atoms with E-state index in [0.717, 1.165) is 11.1 Å². The molecule has 0 aliphatic heterocycles. The highest BCUT2D eigenvalue weighted by Crippen LogP contribution is 2.35. The van der Waals surface area contributed by atoms with Crippen LogP contribution in [0.4, 0.5) is 0 Å². The predicted octanol–water partition coefficient (Wildman–Crippen LogP) is 3.22. The molecule has 84 valence electrons. The molecular weight excluding hydrogens is 200 g/mol. The topological polar surface area (TPSA) is 34.1 Å². The Bertz CT molecular complexity index is 460. The third-order valence-electron chi connectivity index (χ3n) is 3.61. The average molecular weight is 216 g/mol. The van der Waals surface area contributed by atoms with Crippen LogP contribution in [0.15, 0.2) is 18.2 Å². The van der Waals surface area contributed by atoms with E-state index in [2.05, 4.69) is 13.8 Å². The lowest BCUT2D eigenvalue weighted by Gasteiger charge is -2.27. The van der Waals surface area contributed by atoms with Crippen LogP contribution in [0.25, 0.3) is 0 Å². The van der Waals surface area contributed by atoms with Gasteiger partial charge in [-0.25, -0.2) is 0 Å². The van der Waals surface area contributed by atoms with Gasteiger partial charge in [-0.15, -0.1) is 0 Å². The van der Waals surface area contributed by atoms with Crippen LogP contribution in [-0.2, 0) is 0 Å². The number of rotatable bonds is 1. The maximum absolute atomic E-state index is 11.8. The molecule has 0 heterocycles. The average Bonchev–Trinajstić information content (AvgIpc) is 2.25. The number of hydrogen-bond donors (Lipinski definition) is 0. The fourth-order valence-corrected chi connectivity index (χ4v) is 2.30. The molecule has 0 radical (unpaired) electrons. The van der Waals surface area contributed by atoms with Crippen LogP contribution in [0, 0.1) is 5.92 Å². The van der Waals surface area contributed by atoms with Crippen LogP contribution in [0.3, 0.4) is 0 Å². The van der Waals surface area contributed by atoms with E-state index in [1.165, 1.54) is 0 Å². The SMILES string of the molecule is CC(=O)c1ccc2c(c1)C(C)C(C)CC2=O. The summed E-state index contributed by atoms with van der Waals surface area (Å²) >= 11 is 0. The third kappa shape index (κ3) is 1.69. The molecule has 1 aliphatic carbocycles. The highest BCUT2D eigenvalue weighted by molar-refractivity contribution is 6.01. The van der Waals surface area contributed by atoms with Crippen molar-refractivity contribution in [2.45, 2.75) is 33.1 Å². The second-order valence-corrected chi connectivity index (χ2v) is 4.75. The van der Waals surface area contributed by atoms with E-state index in [1.807, 2.05) is 6.07 Å². The maximum Gasteiger partial charge on any atom is 0.163 e. The maximum atomic E-state index is 11.8. The van der Waals surface area contributed by atoms with Crippen LogP contribution >= 0.6 is 0 Å². The highest BCUT2D eigenvalue weighted by atomic mass is 16.1. The van der Waals surface area contributed by atoms with Crippen molar-refractivity contribution in [3.8, 4) is 0 Å². The number of hydrogen-bond acceptors (Lipinski definition) is 2. The fraction of sp³-hybridized carbons (Fsp3) is 0.429. The summed E-state index contributed by atoms with van der Waals surface area (Å²) in [6, 6.07) is 5.44.